The number of nitrogens with zero attached hydrogens (tertiary/aromatic N) is 2. The number of carbonyl (C=O) groups excluding carboxylic acids is 2. The fourth-order valence-electron chi connectivity index (χ4n) is 3.86. The number of amides is 2. The van der Waals surface area contributed by atoms with Crippen molar-refractivity contribution in [3.8, 4) is 5.75 Å². The highest BCUT2D eigenvalue weighted by atomic mass is 31.2. The third-order valence-electron chi connectivity index (χ3n) is 5.52. The lowest BCUT2D eigenvalue weighted by atomic mass is 10.2. The van der Waals surface area contributed by atoms with Crippen LogP contribution in [0.1, 0.15) is 6.92 Å². The third-order valence-corrected chi connectivity index (χ3v) is 7.82. The van der Waals surface area contributed by atoms with E-state index >= 15 is 0 Å². The van der Waals surface area contributed by atoms with Gasteiger partial charge in [-0.1, -0.05) is 18.2 Å². The molecule has 11 heteroatoms. The minimum atomic E-state index is -2.96. The van der Waals surface area contributed by atoms with Crippen LogP contribution in [0, 0.1) is 11.6 Å². The van der Waals surface area contributed by atoms with E-state index in [0.29, 0.717) is 5.75 Å². The molecule has 2 aliphatic rings. The second kappa shape index (κ2) is 9.39. The SMILES string of the molecule is CC(=O)NC[C@H]1CN(c2cc(F)c(N3CCP(=O)(Oc4ccccc4)CC3)c(F)c2)C(=O)O1. The van der Waals surface area contributed by atoms with Crippen LogP contribution in [0.4, 0.5) is 25.0 Å². The van der Waals surface area contributed by atoms with Crippen LogP contribution in [0.15, 0.2) is 42.5 Å². The quantitative estimate of drug-likeness (QED) is 0.637. The Morgan fingerprint density at radius 2 is 1.82 bits per heavy atom. The maximum absolute atomic E-state index is 14.9. The molecule has 0 aromatic heterocycles. The predicted octanol–water partition coefficient (Wildman–Crippen LogP) is 3.60. The summed E-state index contributed by atoms with van der Waals surface area (Å²) in [4.78, 5) is 25.8. The van der Waals surface area contributed by atoms with Gasteiger partial charge in [0.1, 0.15) is 17.5 Å². The minimum Gasteiger partial charge on any atom is -0.443 e. The first-order valence-electron chi connectivity index (χ1n) is 10.5. The molecule has 33 heavy (non-hydrogen) atoms. The number of benzene rings is 2. The lowest BCUT2D eigenvalue weighted by Crippen LogP contribution is -2.37. The molecule has 2 aromatic carbocycles. The van der Waals surface area contributed by atoms with Crippen LogP contribution in [-0.2, 0) is 14.1 Å². The van der Waals surface area contributed by atoms with E-state index in [1.165, 1.54) is 11.8 Å². The van der Waals surface area contributed by atoms with E-state index in [2.05, 4.69) is 5.32 Å². The highest BCUT2D eigenvalue weighted by molar-refractivity contribution is 7.59. The number of rotatable bonds is 6. The van der Waals surface area contributed by atoms with Gasteiger partial charge in [0.15, 0.2) is 11.6 Å². The van der Waals surface area contributed by atoms with Gasteiger partial charge in [-0.05, 0) is 12.1 Å². The molecule has 0 radical (unpaired) electrons. The Morgan fingerprint density at radius 1 is 1.18 bits per heavy atom. The topological polar surface area (TPSA) is 88.2 Å². The number of hydrogen-bond donors (Lipinski definition) is 1. The highest BCUT2D eigenvalue weighted by Gasteiger charge is 2.36. The molecule has 8 nitrogen and oxygen atoms in total. The molecule has 1 N–H and O–H groups in total. The van der Waals surface area contributed by atoms with Crippen molar-refractivity contribution in [3.05, 3.63) is 54.1 Å². The number of nitrogens with one attached hydrogen (secondary N) is 1. The Labute approximate surface area is 189 Å². The molecule has 0 aliphatic carbocycles. The number of carbonyl (C=O) groups is 2. The summed E-state index contributed by atoms with van der Waals surface area (Å²) >= 11 is 0. The van der Waals surface area contributed by atoms with Gasteiger partial charge in [-0.15, -0.1) is 0 Å². The fraction of sp³-hybridized carbons (Fsp3) is 0.364. The van der Waals surface area contributed by atoms with Gasteiger partial charge in [-0.3, -0.25) is 14.3 Å². The molecular weight excluding hydrogens is 455 g/mol. The summed E-state index contributed by atoms with van der Waals surface area (Å²) in [7, 11) is -2.96. The largest absolute Gasteiger partial charge is 0.443 e. The van der Waals surface area contributed by atoms with Crippen LogP contribution in [-0.4, -0.2) is 56.6 Å². The van der Waals surface area contributed by atoms with Crippen LogP contribution in [0.3, 0.4) is 0 Å². The molecule has 1 atom stereocenters. The molecule has 0 spiro atoms. The summed E-state index contributed by atoms with van der Waals surface area (Å²) in [6, 6.07) is 11.0. The minimum absolute atomic E-state index is 0.0270. The van der Waals surface area contributed by atoms with Crippen LogP contribution in [0.5, 0.6) is 5.75 Å². The molecule has 2 heterocycles. The molecule has 0 unspecified atom stereocenters. The molecule has 4 rings (SSSR count). The van der Waals surface area contributed by atoms with E-state index in [9.17, 15) is 22.9 Å². The Kier molecular flexibility index (Phi) is 6.56. The first kappa shape index (κ1) is 23.0. The fourth-order valence-corrected chi connectivity index (χ4v) is 5.87. The zero-order chi connectivity index (χ0) is 23.6. The number of anilines is 2. The van der Waals surface area contributed by atoms with Crippen molar-refractivity contribution in [2.24, 2.45) is 0 Å². The van der Waals surface area contributed by atoms with Gasteiger partial charge in [-0.25, -0.2) is 13.6 Å². The summed E-state index contributed by atoms with van der Waals surface area (Å²) in [5, 5.41) is 2.55. The molecule has 2 amide bonds. The van der Waals surface area contributed by atoms with Crippen molar-refractivity contribution in [3.63, 3.8) is 0 Å². The van der Waals surface area contributed by atoms with Crippen molar-refractivity contribution < 1.29 is 32.2 Å². The second-order valence-electron chi connectivity index (χ2n) is 7.96. The molecular formula is C22H24F2N3O5P. The van der Waals surface area contributed by atoms with E-state index in [1.54, 1.807) is 24.3 Å². The summed E-state index contributed by atoms with van der Waals surface area (Å²) in [6.07, 6.45) is -1.04. The van der Waals surface area contributed by atoms with Gasteiger partial charge in [0.25, 0.3) is 7.37 Å². The third kappa shape index (κ3) is 5.27. The van der Waals surface area contributed by atoms with Crippen molar-refractivity contribution in [1.82, 2.24) is 5.32 Å². The van der Waals surface area contributed by atoms with Gasteiger partial charge in [0, 0.05) is 32.1 Å². The zero-order valence-electron chi connectivity index (χ0n) is 18.0. The number of para-hydroxylation sites is 1. The second-order valence-corrected chi connectivity index (χ2v) is 10.7. The lowest BCUT2D eigenvalue weighted by Gasteiger charge is -2.34. The maximum Gasteiger partial charge on any atom is 0.414 e. The van der Waals surface area contributed by atoms with Crippen LogP contribution < -0.4 is 19.6 Å². The van der Waals surface area contributed by atoms with Crippen molar-refractivity contribution in [2.75, 3.05) is 48.3 Å². The Hall–Kier alpha value is -3.13. The summed E-state index contributed by atoms with van der Waals surface area (Å²) in [5.74, 6) is -1.43. The van der Waals surface area contributed by atoms with Gasteiger partial charge >= 0.3 is 6.09 Å². The molecule has 0 saturated carbocycles. The Morgan fingerprint density at radius 3 is 2.42 bits per heavy atom. The average Bonchev–Trinajstić information content (AvgIpc) is 3.14. The summed E-state index contributed by atoms with van der Waals surface area (Å²) < 4.78 is 53.8. The van der Waals surface area contributed by atoms with Crippen LogP contribution in [0.25, 0.3) is 0 Å². The first-order chi connectivity index (χ1) is 15.7. The van der Waals surface area contributed by atoms with Crippen molar-refractivity contribution in [2.45, 2.75) is 13.0 Å². The predicted molar refractivity (Wildman–Crippen MR) is 119 cm³/mol. The molecule has 0 bridgehead atoms. The summed E-state index contributed by atoms with van der Waals surface area (Å²) in [6.45, 7) is 1.84. The molecule has 176 valence electrons. The van der Waals surface area contributed by atoms with Gasteiger partial charge < -0.3 is 19.5 Å². The highest BCUT2D eigenvalue weighted by Crippen LogP contribution is 2.49. The molecule has 2 saturated heterocycles. The average molecular weight is 479 g/mol. The van der Waals surface area contributed by atoms with Crippen LogP contribution >= 0.6 is 7.37 Å². The molecule has 2 aromatic rings. The van der Waals surface area contributed by atoms with E-state index in [4.69, 9.17) is 9.26 Å². The van der Waals surface area contributed by atoms with Crippen LogP contribution in [0.2, 0.25) is 0 Å². The Balaban J connectivity index is 1.43. The van der Waals surface area contributed by atoms with E-state index in [0.717, 1.165) is 17.0 Å². The number of hydrogen-bond acceptors (Lipinski definition) is 6. The maximum atomic E-state index is 14.9. The van der Waals surface area contributed by atoms with E-state index in [-0.39, 0.29) is 55.8 Å². The smallest absolute Gasteiger partial charge is 0.414 e. The lowest BCUT2D eigenvalue weighted by molar-refractivity contribution is -0.119. The molecule has 2 fully saturated rings. The number of halogens is 2. The normalized spacial score (nSPS) is 19.8. The van der Waals surface area contributed by atoms with Crippen molar-refractivity contribution in [1.29, 1.82) is 0 Å². The van der Waals surface area contributed by atoms with Gasteiger partial charge in [0.05, 0.1) is 31.1 Å². The molecule has 2 aliphatic heterocycles. The first-order valence-corrected chi connectivity index (χ1v) is 12.5. The van der Waals surface area contributed by atoms with Crippen molar-refractivity contribution >= 4 is 30.7 Å². The number of ether oxygens (including phenoxy) is 1. The van der Waals surface area contributed by atoms with E-state index in [1.807, 2.05) is 6.07 Å². The standard InChI is InChI=1S/C22H24F2N3O5P/c1-15(28)25-13-18-14-27(22(29)31-18)16-11-19(23)21(20(24)12-16)26-7-9-33(30,10-8-26)32-17-5-3-2-4-6-17/h2-6,11-12,18H,7-10,13-14H2,1H3,(H,25,28)/t18-/m0/s1. The van der Waals surface area contributed by atoms with E-state index < -0.39 is 31.2 Å². The van der Waals surface area contributed by atoms with Gasteiger partial charge in [-0.2, -0.15) is 0 Å². The summed E-state index contributed by atoms with van der Waals surface area (Å²) in [5.41, 5.74) is -0.203. The van der Waals surface area contributed by atoms with Gasteiger partial charge in [0.2, 0.25) is 5.91 Å². The number of cyclic esters (lactones) is 1. The zero-order valence-corrected chi connectivity index (χ0v) is 18.9. The monoisotopic (exact) mass is 479 g/mol. The Bertz CT molecular complexity index is 1070.